The van der Waals surface area contributed by atoms with Gasteiger partial charge in [-0.05, 0) is 17.9 Å². The average Bonchev–Trinajstić information content (AvgIpc) is 2.17. The summed E-state index contributed by atoms with van der Waals surface area (Å²) < 4.78 is 9.44. The maximum Gasteiger partial charge on any atom is 1.00 e. The van der Waals surface area contributed by atoms with E-state index in [4.69, 9.17) is 14.6 Å². The van der Waals surface area contributed by atoms with Gasteiger partial charge in [0.1, 0.15) is 11.5 Å². The van der Waals surface area contributed by atoms with E-state index >= 15 is 0 Å². The number of rotatable bonds is 3. The minimum Gasteiger partial charge on any atom is -0.867 e. The smallest absolute Gasteiger partial charge is 0.867 e. The van der Waals surface area contributed by atoms with Gasteiger partial charge in [-0.2, -0.15) is 0 Å². The van der Waals surface area contributed by atoms with Crippen LogP contribution in [0.5, 0.6) is 17.2 Å². The molecule has 1 aromatic rings. The minimum atomic E-state index is -1.14. The number of methoxy groups -OCH3 is 2. The zero-order chi connectivity index (χ0) is 10.7. The van der Waals surface area contributed by atoms with Crippen LogP contribution in [0.3, 0.4) is 0 Å². The van der Waals surface area contributed by atoms with Crippen LogP contribution < -0.4 is 44.1 Å². The van der Waals surface area contributed by atoms with Gasteiger partial charge in [-0.15, -0.1) is 0 Å². The molecule has 1 aromatic carbocycles. The number of carboxylic acids is 1. The van der Waals surface area contributed by atoms with Gasteiger partial charge in [0.2, 0.25) is 0 Å². The van der Waals surface area contributed by atoms with Gasteiger partial charge in [-0.3, -0.25) is 0 Å². The largest absolute Gasteiger partial charge is 1.00 e. The monoisotopic (exact) mass is 220 g/mol. The zero-order valence-electron chi connectivity index (χ0n) is 8.73. The molecule has 0 radical (unpaired) electrons. The van der Waals surface area contributed by atoms with Crippen molar-refractivity contribution in [3.05, 3.63) is 17.7 Å². The van der Waals surface area contributed by atoms with E-state index in [0.717, 1.165) is 12.1 Å². The Balaban J connectivity index is 0.00000196. The first-order chi connectivity index (χ1) is 6.60. The molecule has 0 atom stereocenters. The van der Waals surface area contributed by atoms with E-state index in [1.807, 2.05) is 0 Å². The molecule has 0 amide bonds. The van der Waals surface area contributed by atoms with Gasteiger partial charge >= 0.3 is 35.5 Å². The number of carbonyl (C=O) groups is 1. The van der Waals surface area contributed by atoms with Gasteiger partial charge in [-0.1, -0.05) is 0 Å². The van der Waals surface area contributed by atoms with Gasteiger partial charge in [0.25, 0.3) is 0 Å². The molecule has 76 valence electrons. The molecular weight excluding hydrogens is 211 g/mol. The molecule has 0 aliphatic carbocycles. The molecule has 0 aliphatic rings. The van der Waals surface area contributed by atoms with Crippen LogP contribution in [0.2, 0.25) is 0 Å². The molecule has 0 spiro atoms. The van der Waals surface area contributed by atoms with Crippen molar-refractivity contribution in [1.82, 2.24) is 0 Å². The first kappa shape index (κ1) is 14.1. The topological polar surface area (TPSA) is 78.8 Å². The second-order valence-corrected chi connectivity index (χ2v) is 2.52. The second kappa shape index (κ2) is 5.85. The summed E-state index contributed by atoms with van der Waals surface area (Å²) in [5, 5.41) is 20.1. The second-order valence-electron chi connectivity index (χ2n) is 2.52. The van der Waals surface area contributed by atoms with E-state index in [1.54, 1.807) is 0 Å². The number of hydrogen-bond donors (Lipinski definition) is 1. The summed E-state index contributed by atoms with van der Waals surface area (Å²) in [6, 6.07) is 2.32. The Morgan fingerprint density at radius 3 is 1.93 bits per heavy atom. The van der Waals surface area contributed by atoms with Crippen molar-refractivity contribution < 1.29 is 54.0 Å². The molecule has 0 fully saturated rings. The van der Waals surface area contributed by atoms with Crippen molar-refractivity contribution in [2.75, 3.05) is 14.2 Å². The number of benzene rings is 1. The minimum absolute atomic E-state index is 0. The molecule has 0 aromatic heterocycles. The molecule has 1 rings (SSSR count). The Bertz CT molecular complexity index is 339. The molecule has 0 unspecified atom stereocenters. The van der Waals surface area contributed by atoms with E-state index in [9.17, 15) is 9.90 Å². The maximum atomic E-state index is 11.4. The fourth-order valence-corrected chi connectivity index (χ4v) is 1.00. The van der Waals surface area contributed by atoms with E-state index < -0.39 is 11.7 Å². The van der Waals surface area contributed by atoms with Crippen molar-refractivity contribution in [3.8, 4) is 17.2 Å². The van der Waals surface area contributed by atoms with Gasteiger partial charge in [-0.25, -0.2) is 4.79 Å². The molecule has 0 saturated carbocycles. The first-order valence-corrected chi connectivity index (χ1v) is 3.76. The van der Waals surface area contributed by atoms with Crippen molar-refractivity contribution in [2.45, 2.75) is 0 Å². The number of ether oxygens (including phenoxy) is 2. The van der Waals surface area contributed by atoms with Crippen molar-refractivity contribution in [2.24, 2.45) is 0 Å². The molecule has 15 heavy (non-hydrogen) atoms. The van der Waals surface area contributed by atoms with Crippen molar-refractivity contribution >= 4 is 5.97 Å². The number of carboxylic acid groups (broad SMARTS) is 1. The van der Waals surface area contributed by atoms with E-state index in [2.05, 4.69) is 0 Å². The van der Waals surface area contributed by atoms with E-state index in [1.165, 1.54) is 14.2 Å². The van der Waals surface area contributed by atoms with Crippen LogP contribution >= 0.6 is 0 Å². The normalized spacial score (nSPS) is 8.93. The van der Waals surface area contributed by atoms with Crippen LogP contribution in [0.4, 0.5) is 0 Å². The van der Waals surface area contributed by atoms with Crippen molar-refractivity contribution in [1.29, 1.82) is 0 Å². The molecule has 0 saturated heterocycles. The van der Waals surface area contributed by atoms with Gasteiger partial charge in [0, 0.05) is 0 Å². The third kappa shape index (κ3) is 3.02. The molecular formula is C9H9NaO5. The first-order valence-electron chi connectivity index (χ1n) is 3.76. The van der Waals surface area contributed by atoms with Crippen LogP contribution in [0.1, 0.15) is 10.4 Å². The maximum absolute atomic E-state index is 11.4. The number of hydrogen-bond acceptors (Lipinski definition) is 4. The van der Waals surface area contributed by atoms with E-state index in [-0.39, 0.29) is 46.6 Å². The summed E-state index contributed by atoms with van der Waals surface area (Å²) in [7, 11) is 2.59. The molecule has 6 heteroatoms. The third-order valence-electron chi connectivity index (χ3n) is 1.71. The Morgan fingerprint density at radius 2 is 1.67 bits per heavy atom. The summed E-state index contributed by atoms with van der Waals surface area (Å²) in [4.78, 5) is 10.6. The fourth-order valence-electron chi connectivity index (χ4n) is 1.00. The predicted octanol–water partition coefficient (Wildman–Crippen LogP) is -2.52. The zero-order valence-corrected chi connectivity index (χ0v) is 10.7. The van der Waals surface area contributed by atoms with Crippen LogP contribution in [-0.4, -0.2) is 25.3 Å². The summed E-state index contributed by atoms with van der Waals surface area (Å²) in [5.74, 6) is -1.68. The Kier molecular flexibility index (Phi) is 5.49. The molecule has 1 N–H and O–H groups in total. The van der Waals surface area contributed by atoms with Gasteiger partial charge < -0.3 is 19.7 Å². The van der Waals surface area contributed by atoms with Crippen LogP contribution in [0.15, 0.2) is 12.1 Å². The van der Waals surface area contributed by atoms with Gasteiger partial charge in [0.05, 0.1) is 19.8 Å². The van der Waals surface area contributed by atoms with Gasteiger partial charge in [0.15, 0.2) is 0 Å². The standard InChI is InChI=1S/C9H10O5.Na/c1-13-6-3-5(9(11)12)4-7(14-2)8(6)10;/h3-4,10H,1-2H3,(H,11,12);/q;+1/p-1. The Hall–Kier alpha value is -0.910. The molecule has 0 aliphatic heterocycles. The SMILES string of the molecule is COc1cc(C(=O)O)cc(OC)c1[O-].[Na+]. The van der Waals surface area contributed by atoms with Crippen LogP contribution in [-0.2, 0) is 0 Å². The van der Waals surface area contributed by atoms with Crippen LogP contribution in [0.25, 0.3) is 0 Å². The van der Waals surface area contributed by atoms with Crippen molar-refractivity contribution in [3.63, 3.8) is 0 Å². The Labute approximate surface area is 109 Å². The summed E-state index contributed by atoms with van der Waals surface area (Å²) >= 11 is 0. The summed E-state index contributed by atoms with van der Waals surface area (Å²) in [5.41, 5.74) is -0.0432. The number of aromatic carboxylic acids is 1. The summed E-state index contributed by atoms with van der Waals surface area (Å²) in [6.45, 7) is 0. The third-order valence-corrected chi connectivity index (χ3v) is 1.71. The quantitative estimate of drug-likeness (QED) is 0.569. The molecule has 5 nitrogen and oxygen atoms in total. The summed E-state index contributed by atoms with van der Waals surface area (Å²) in [6.07, 6.45) is 0. The van der Waals surface area contributed by atoms with E-state index in [0.29, 0.717) is 0 Å². The fraction of sp³-hybridized carbons (Fsp3) is 0.222. The average molecular weight is 220 g/mol. The molecule has 0 bridgehead atoms. The predicted molar refractivity (Wildman–Crippen MR) is 46.0 cm³/mol. The van der Waals surface area contributed by atoms with Crippen LogP contribution in [0, 0.1) is 0 Å². The molecule has 0 heterocycles. The Morgan fingerprint density at radius 1 is 1.27 bits per heavy atom.